The highest BCUT2D eigenvalue weighted by atomic mass is 32.2. The Bertz CT molecular complexity index is 346. The topological polar surface area (TPSA) is 29.5 Å². The molecule has 1 amide bonds. The monoisotopic (exact) mass is 229 g/mol. The summed E-state index contributed by atoms with van der Waals surface area (Å²) in [7, 11) is 2.93. The maximum atomic E-state index is 13.1. The van der Waals surface area contributed by atoms with E-state index in [1.54, 1.807) is 18.2 Å². The van der Waals surface area contributed by atoms with Crippen molar-refractivity contribution in [2.24, 2.45) is 0 Å². The van der Waals surface area contributed by atoms with Gasteiger partial charge in [0.2, 0.25) is 0 Å². The molecule has 0 saturated carbocycles. The van der Waals surface area contributed by atoms with Crippen molar-refractivity contribution in [2.45, 2.75) is 4.90 Å². The Balaban J connectivity index is 2.51. The zero-order chi connectivity index (χ0) is 11.3. The zero-order valence-corrected chi connectivity index (χ0v) is 9.38. The fraction of sp³-hybridized carbons (Fsp3) is 0.300. The fourth-order valence-electron chi connectivity index (χ4n) is 0.894. The van der Waals surface area contributed by atoms with Gasteiger partial charge in [0.25, 0.3) is 5.91 Å². The van der Waals surface area contributed by atoms with Crippen LogP contribution in [0.5, 0.6) is 0 Å². The van der Waals surface area contributed by atoms with E-state index < -0.39 is 0 Å². The smallest absolute Gasteiger partial charge is 0.256 e. The second-order valence-electron chi connectivity index (χ2n) is 2.79. The summed E-state index contributed by atoms with van der Waals surface area (Å²) in [5, 5.41) is 1.12. The molecule has 0 spiro atoms. The van der Waals surface area contributed by atoms with Gasteiger partial charge in [-0.15, -0.1) is 11.8 Å². The van der Waals surface area contributed by atoms with Gasteiger partial charge in [0.15, 0.2) is 0 Å². The molecule has 3 nitrogen and oxygen atoms in total. The second-order valence-corrected chi connectivity index (χ2v) is 3.81. The molecule has 1 aromatic rings. The van der Waals surface area contributed by atoms with E-state index >= 15 is 0 Å². The highest BCUT2D eigenvalue weighted by molar-refractivity contribution is 8.00. The van der Waals surface area contributed by atoms with Crippen molar-refractivity contribution in [1.29, 1.82) is 0 Å². The molecule has 0 atom stereocenters. The lowest BCUT2D eigenvalue weighted by Crippen LogP contribution is -2.26. The van der Waals surface area contributed by atoms with Gasteiger partial charge in [-0.05, 0) is 12.1 Å². The molecule has 0 bridgehead atoms. The summed E-state index contributed by atoms with van der Waals surface area (Å²) in [4.78, 5) is 16.5. The molecule has 82 valence electrons. The highest BCUT2D eigenvalue weighted by Gasteiger charge is 2.09. The van der Waals surface area contributed by atoms with Gasteiger partial charge in [-0.3, -0.25) is 9.63 Å². The third-order valence-corrected chi connectivity index (χ3v) is 2.85. The summed E-state index contributed by atoms with van der Waals surface area (Å²) in [5.74, 6) is -0.355. The van der Waals surface area contributed by atoms with Crippen LogP contribution in [0.3, 0.4) is 0 Å². The van der Waals surface area contributed by atoms with Crippen molar-refractivity contribution in [1.82, 2.24) is 5.06 Å². The van der Waals surface area contributed by atoms with E-state index in [1.165, 1.54) is 20.2 Å². The molecule has 1 rings (SSSR count). The molecule has 0 radical (unpaired) electrons. The third kappa shape index (κ3) is 3.53. The number of amides is 1. The van der Waals surface area contributed by atoms with E-state index in [0.29, 0.717) is 4.90 Å². The number of carbonyl (C=O) groups excluding carboxylic acids is 1. The van der Waals surface area contributed by atoms with Gasteiger partial charge in [-0.25, -0.2) is 9.45 Å². The Hall–Kier alpha value is -1.07. The first-order valence-electron chi connectivity index (χ1n) is 4.33. The summed E-state index contributed by atoms with van der Waals surface area (Å²) >= 11 is 1.15. The van der Waals surface area contributed by atoms with Gasteiger partial charge >= 0.3 is 0 Å². The molecular formula is C10H12FNO2S. The average molecular weight is 229 g/mol. The Morgan fingerprint density at radius 2 is 2.20 bits per heavy atom. The number of carbonyl (C=O) groups is 1. The predicted octanol–water partition coefficient (Wildman–Crippen LogP) is 1.94. The first-order valence-corrected chi connectivity index (χ1v) is 5.31. The lowest BCUT2D eigenvalue weighted by molar-refractivity contribution is -0.165. The van der Waals surface area contributed by atoms with E-state index in [2.05, 4.69) is 0 Å². The van der Waals surface area contributed by atoms with Gasteiger partial charge in [-0.2, -0.15) is 0 Å². The number of hydrogen-bond donors (Lipinski definition) is 0. The molecule has 0 aliphatic rings. The van der Waals surface area contributed by atoms with E-state index in [0.717, 1.165) is 16.8 Å². The number of hydrogen-bond acceptors (Lipinski definition) is 3. The third-order valence-electron chi connectivity index (χ3n) is 1.81. The van der Waals surface area contributed by atoms with Crippen LogP contribution < -0.4 is 0 Å². The number of hydroxylamine groups is 2. The Labute approximate surface area is 92.2 Å². The van der Waals surface area contributed by atoms with E-state index in [-0.39, 0.29) is 17.5 Å². The zero-order valence-electron chi connectivity index (χ0n) is 8.57. The molecule has 0 aliphatic carbocycles. The maximum absolute atomic E-state index is 13.1. The summed E-state index contributed by atoms with van der Waals surface area (Å²) in [6.07, 6.45) is 0. The predicted molar refractivity (Wildman–Crippen MR) is 56.9 cm³/mol. The highest BCUT2D eigenvalue weighted by Crippen LogP contribution is 2.21. The molecule has 0 fully saturated rings. The van der Waals surface area contributed by atoms with Gasteiger partial charge in [0, 0.05) is 11.9 Å². The van der Waals surface area contributed by atoms with Crippen LogP contribution in [0.15, 0.2) is 29.2 Å². The van der Waals surface area contributed by atoms with Crippen molar-refractivity contribution in [3.63, 3.8) is 0 Å². The fourth-order valence-corrected chi connectivity index (χ4v) is 1.74. The number of halogens is 1. The van der Waals surface area contributed by atoms with Crippen molar-refractivity contribution < 1.29 is 14.0 Å². The van der Waals surface area contributed by atoms with Gasteiger partial charge in [0.05, 0.1) is 12.9 Å². The molecule has 15 heavy (non-hydrogen) atoms. The minimum Gasteiger partial charge on any atom is -0.275 e. The summed E-state index contributed by atoms with van der Waals surface area (Å²) in [5.41, 5.74) is 0. The van der Waals surface area contributed by atoms with E-state index in [9.17, 15) is 9.18 Å². The van der Waals surface area contributed by atoms with Crippen LogP contribution in [-0.2, 0) is 9.63 Å². The first kappa shape index (κ1) is 12.0. The van der Waals surface area contributed by atoms with E-state index in [1.807, 2.05) is 0 Å². The molecule has 0 aliphatic heterocycles. The Morgan fingerprint density at radius 1 is 1.53 bits per heavy atom. The quantitative estimate of drug-likeness (QED) is 0.583. The second kappa shape index (κ2) is 5.72. The van der Waals surface area contributed by atoms with Crippen LogP contribution in [0.1, 0.15) is 0 Å². The lowest BCUT2D eigenvalue weighted by atomic mass is 10.3. The molecule has 0 heterocycles. The normalized spacial score (nSPS) is 10.1. The van der Waals surface area contributed by atoms with Gasteiger partial charge in [-0.1, -0.05) is 12.1 Å². The van der Waals surface area contributed by atoms with Crippen molar-refractivity contribution >= 4 is 17.7 Å². The number of benzene rings is 1. The summed E-state index contributed by atoms with van der Waals surface area (Å²) in [6, 6.07) is 6.35. The molecule has 0 aromatic heterocycles. The molecule has 0 unspecified atom stereocenters. The van der Waals surface area contributed by atoms with Crippen LogP contribution >= 0.6 is 11.8 Å². The van der Waals surface area contributed by atoms with Gasteiger partial charge in [0.1, 0.15) is 5.82 Å². The summed E-state index contributed by atoms with van der Waals surface area (Å²) < 4.78 is 13.1. The first-order chi connectivity index (χ1) is 7.15. The largest absolute Gasteiger partial charge is 0.275 e. The standard InChI is InChI=1S/C10H12FNO2S/c1-12(14-2)10(13)7-15-9-6-4-3-5-8(9)11/h3-6H,7H2,1-2H3. The van der Waals surface area contributed by atoms with E-state index in [4.69, 9.17) is 4.84 Å². The van der Waals surface area contributed by atoms with Crippen LogP contribution in [-0.4, -0.2) is 30.9 Å². The Morgan fingerprint density at radius 3 is 2.80 bits per heavy atom. The van der Waals surface area contributed by atoms with Crippen LogP contribution in [0.25, 0.3) is 0 Å². The maximum Gasteiger partial charge on any atom is 0.256 e. The number of nitrogens with zero attached hydrogens (tertiary/aromatic N) is 1. The molecule has 1 aromatic carbocycles. The van der Waals surface area contributed by atoms with Crippen LogP contribution in [0.4, 0.5) is 4.39 Å². The minimum atomic E-state index is -0.310. The molecule has 5 heteroatoms. The SMILES string of the molecule is CON(C)C(=O)CSc1ccccc1F. The molecule has 0 saturated heterocycles. The number of thioether (sulfide) groups is 1. The molecular weight excluding hydrogens is 217 g/mol. The Kier molecular flexibility index (Phi) is 4.58. The minimum absolute atomic E-state index is 0.158. The molecule has 0 N–H and O–H groups in total. The van der Waals surface area contributed by atoms with Crippen molar-refractivity contribution in [3.8, 4) is 0 Å². The van der Waals surface area contributed by atoms with Crippen molar-refractivity contribution in [2.75, 3.05) is 19.9 Å². The van der Waals surface area contributed by atoms with Gasteiger partial charge < -0.3 is 0 Å². The lowest BCUT2D eigenvalue weighted by Gasteiger charge is -2.12. The van der Waals surface area contributed by atoms with Crippen molar-refractivity contribution in [3.05, 3.63) is 30.1 Å². The average Bonchev–Trinajstić information content (AvgIpc) is 2.26. The van der Waals surface area contributed by atoms with Crippen LogP contribution in [0.2, 0.25) is 0 Å². The summed E-state index contributed by atoms with van der Waals surface area (Å²) in [6.45, 7) is 0. The number of rotatable bonds is 4. The van der Waals surface area contributed by atoms with Crippen LogP contribution in [0, 0.1) is 5.82 Å².